The van der Waals surface area contributed by atoms with Crippen LogP contribution < -0.4 is 5.32 Å². The van der Waals surface area contributed by atoms with E-state index in [1.165, 1.54) is 5.56 Å². The van der Waals surface area contributed by atoms with Crippen molar-refractivity contribution in [3.8, 4) is 0 Å². The zero-order valence-electron chi connectivity index (χ0n) is 19.2. The fourth-order valence-electron chi connectivity index (χ4n) is 4.10. The number of esters is 1. The molecule has 6 nitrogen and oxygen atoms in total. The summed E-state index contributed by atoms with van der Waals surface area (Å²) in [5.74, 6) is -0.492. The highest BCUT2D eigenvalue weighted by atomic mass is 16.6. The maximum atomic E-state index is 12.9. The van der Waals surface area contributed by atoms with Crippen LogP contribution >= 0.6 is 0 Å². The summed E-state index contributed by atoms with van der Waals surface area (Å²) in [6, 6.07) is 19.4. The van der Waals surface area contributed by atoms with Gasteiger partial charge in [0.2, 0.25) is 0 Å². The van der Waals surface area contributed by atoms with Gasteiger partial charge in [0.05, 0.1) is 13.2 Å². The molecule has 0 bridgehead atoms. The molecule has 3 rings (SSSR count). The Morgan fingerprint density at radius 3 is 2.28 bits per heavy atom. The minimum Gasteiger partial charge on any atom is -0.460 e. The molecule has 0 radical (unpaired) electrons. The van der Waals surface area contributed by atoms with Crippen LogP contribution in [0.1, 0.15) is 44.7 Å². The first-order valence-electron chi connectivity index (χ1n) is 11.1. The SMILES string of the molecule is C[C@@H]1OC(=O)[C@@H](NC(=O)OC(C)(C)C)COC[C@H](Cc2ccccc2)[C@H]1c1ccccc1. The van der Waals surface area contributed by atoms with Gasteiger partial charge >= 0.3 is 12.1 Å². The lowest BCUT2D eigenvalue weighted by Gasteiger charge is -2.31. The van der Waals surface area contributed by atoms with E-state index in [0.29, 0.717) is 6.61 Å². The Labute approximate surface area is 190 Å². The molecule has 0 aliphatic carbocycles. The molecule has 0 saturated carbocycles. The van der Waals surface area contributed by atoms with Crippen LogP contribution in [0.5, 0.6) is 0 Å². The number of rotatable bonds is 4. The van der Waals surface area contributed by atoms with Gasteiger partial charge in [0.15, 0.2) is 6.04 Å². The Kier molecular flexibility index (Phi) is 7.91. The van der Waals surface area contributed by atoms with Gasteiger partial charge in [-0.15, -0.1) is 0 Å². The number of benzene rings is 2. The predicted molar refractivity (Wildman–Crippen MR) is 122 cm³/mol. The first-order valence-corrected chi connectivity index (χ1v) is 11.1. The average molecular weight is 440 g/mol. The Bertz CT molecular complexity index is 878. The van der Waals surface area contributed by atoms with E-state index in [4.69, 9.17) is 14.2 Å². The predicted octanol–water partition coefficient (Wildman–Crippen LogP) is 4.48. The molecule has 172 valence electrons. The number of carbonyl (C=O) groups is 2. The molecule has 32 heavy (non-hydrogen) atoms. The van der Waals surface area contributed by atoms with Crippen LogP contribution in [0.2, 0.25) is 0 Å². The molecule has 2 aromatic rings. The molecule has 0 aromatic heterocycles. The van der Waals surface area contributed by atoms with Crippen molar-refractivity contribution in [1.29, 1.82) is 0 Å². The number of nitrogens with one attached hydrogen (secondary N) is 1. The lowest BCUT2D eigenvalue weighted by atomic mass is 9.79. The van der Waals surface area contributed by atoms with Gasteiger partial charge in [0.1, 0.15) is 11.7 Å². The highest BCUT2D eigenvalue weighted by Gasteiger charge is 2.36. The van der Waals surface area contributed by atoms with E-state index in [2.05, 4.69) is 29.6 Å². The molecule has 0 spiro atoms. The summed E-state index contributed by atoms with van der Waals surface area (Å²) in [5.41, 5.74) is 1.62. The summed E-state index contributed by atoms with van der Waals surface area (Å²) in [5, 5.41) is 2.60. The minimum atomic E-state index is -0.931. The van der Waals surface area contributed by atoms with Crippen LogP contribution in [0.4, 0.5) is 4.79 Å². The van der Waals surface area contributed by atoms with E-state index in [-0.39, 0.29) is 18.4 Å². The van der Waals surface area contributed by atoms with Crippen LogP contribution in [0.25, 0.3) is 0 Å². The Balaban J connectivity index is 1.83. The molecule has 1 amide bonds. The molecule has 2 aromatic carbocycles. The third-order valence-electron chi connectivity index (χ3n) is 5.43. The summed E-state index contributed by atoms with van der Waals surface area (Å²) in [4.78, 5) is 25.1. The molecule has 1 aliphatic rings. The van der Waals surface area contributed by atoms with Crippen molar-refractivity contribution in [3.63, 3.8) is 0 Å². The monoisotopic (exact) mass is 439 g/mol. The quantitative estimate of drug-likeness (QED) is 0.711. The number of hydrogen-bond acceptors (Lipinski definition) is 5. The zero-order valence-corrected chi connectivity index (χ0v) is 19.2. The van der Waals surface area contributed by atoms with Gasteiger partial charge in [-0.1, -0.05) is 60.7 Å². The smallest absolute Gasteiger partial charge is 0.408 e. The van der Waals surface area contributed by atoms with E-state index in [1.54, 1.807) is 20.8 Å². The third-order valence-corrected chi connectivity index (χ3v) is 5.43. The molecule has 4 atom stereocenters. The second-order valence-corrected chi connectivity index (χ2v) is 9.26. The topological polar surface area (TPSA) is 73.9 Å². The van der Waals surface area contributed by atoms with Gasteiger partial charge in [-0.05, 0) is 51.2 Å². The van der Waals surface area contributed by atoms with Crippen LogP contribution in [0.15, 0.2) is 60.7 Å². The normalized spacial score (nSPS) is 24.4. The summed E-state index contributed by atoms with van der Waals surface area (Å²) in [6.45, 7) is 7.67. The molecule has 1 N–H and O–H groups in total. The Hall–Kier alpha value is -2.86. The summed E-state index contributed by atoms with van der Waals surface area (Å²) in [7, 11) is 0. The first kappa shape index (κ1) is 23.8. The van der Waals surface area contributed by atoms with E-state index in [9.17, 15) is 9.59 Å². The number of amides is 1. The summed E-state index contributed by atoms with van der Waals surface area (Å²) >= 11 is 0. The van der Waals surface area contributed by atoms with Gasteiger partial charge in [0.25, 0.3) is 0 Å². The first-order chi connectivity index (χ1) is 15.2. The highest BCUT2D eigenvalue weighted by molar-refractivity contribution is 5.81. The molecule has 6 heteroatoms. The third kappa shape index (κ3) is 6.82. The second kappa shape index (κ2) is 10.6. The van der Waals surface area contributed by atoms with E-state index < -0.39 is 29.8 Å². The van der Waals surface area contributed by atoms with Gasteiger partial charge in [-0.25, -0.2) is 9.59 Å². The molecule has 1 heterocycles. The molecular weight excluding hydrogens is 406 g/mol. The van der Waals surface area contributed by atoms with Crippen LogP contribution in [0.3, 0.4) is 0 Å². The maximum absolute atomic E-state index is 12.9. The number of hydrogen-bond donors (Lipinski definition) is 1. The van der Waals surface area contributed by atoms with Crippen molar-refractivity contribution in [3.05, 3.63) is 71.8 Å². The van der Waals surface area contributed by atoms with Gasteiger partial charge in [0, 0.05) is 5.92 Å². The fraction of sp³-hybridized carbons (Fsp3) is 0.462. The van der Waals surface area contributed by atoms with Crippen LogP contribution in [-0.2, 0) is 25.4 Å². The number of ether oxygens (including phenoxy) is 3. The Morgan fingerprint density at radius 1 is 1.03 bits per heavy atom. The number of alkyl carbamates (subject to hydrolysis) is 1. The lowest BCUT2D eigenvalue weighted by Crippen LogP contribution is -2.47. The van der Waals surface area contributed by atoms with Gasteiger partial charge in [-0.2, -0.15) is 0 Å². The lowest BCUT2D eigenvalue weighted by molar-refractivity contribution is -0.152. The van der Waals surface area contributed by atoms with Gasteiger partial charge in [-0.3, -0.25) is 0 Å². The largest absolute Gasteiger partial charge is 0.460 e. The maximum Gasteiger partial charge on any atom is 0.408 e. The molecular formula is C26H33NO5. The second-order valence-electron chi connectivity index (χ2n) is 9.26. The molecule has 1 saturated heterocycles. The zero-order chi connectivity index (χ0) is 23.1. The molecule has 1 aliphatic heterocycles. The average Bonchev–Trinajstić information content (AvgIpc) is 2.77. The number of cyclic esters (lactones) is 1. The fourth-order valence-corrected chi connectivity index (χ4v) is 4.10. The minimum absolute atomic E-state index is 0.0254. The van der Waals surface area contributed by atoms with E-state index in [1.807, 2.05) is 43.3 Å². The van der Waals surface area contributed by atoms with Crippen LogP contribution in [-0.4, -0.2) is 43.0 Å². The molecule has 0 unspecified atom stereocenters. The Morgan fingerprint density at radius 2 is 1.66 bits per heavy atom. The van der Waals surface area contributed by atoms with Crippen molar-refractivity contribution in [1.82, 2.24) is 5.32 Å². The van der Waals surface area contributed by atoms with Crippen molar-refractivity contribution in [2.45, 2.75) is 57.8 Å². The molecule has 1 fully saturated rings. The van der Waals surface area contributed by atoms with Crippen molar-refractivity contribution >= 4 is 12.1 Å². The van der Waals surface area contributed by atoms with E-state index in [0.717, 1.165) is 12.0 Å². The summed E-state index contributed by atoms with van der Waals surface area (Å²) < 4.78 is 17.1. The van der Waals surface area contributed by atoms with Crippen molar-refractivity contribution < 1.29 is 23.8 Å². The van der Waals surface area contributed by atoms with Crippen molar-refractivity contribution in [2.75, 3.05) is 13.2 Å². The number of carbonyl (C=O) groups excluding carboxylic acids is 2. The van der Waals surface area contributed by atoms with Gasteiger partial charge < -0.3 is 19.5 Å². The van der Waals surface area contributed by atoms with Crippen LogP contribution in [0, 0.1) is 5.92 Å². The standard InChI is InChI=1S/C26H33NO5/c1-18-23(20-13-9-6-10-14-20)21(15-19-11-7-5-8-12-19)16-30-17-22(24(28)31-18)27-25(29)32-26(2,3)4/h5-14,18,21-23H,15-17H2,1-4H3,(H,27,29)/t18-,21-,22-,23+/m0/s1. The van der Waals surface area contributed by atoms with E-state index >= 15 is 0 Å². The van der Waals surface area contributed by atoms with Crippen molar-refractivity contribution in [2.24, 2.45) is 5.92 Å². The summed E-state index contributed by atoms with van der Waals surface area (Å²) in [6.07, 6.45) is -0.287. The highest BCUT2D eigenvalue weighted by Crippen LogP contribution is 2.34.